The molecule has 104 valence electrons. The van der Waals surface area contributed by atoms with Crippen molar-refractivity contribution in [1.29, 1.82) is 0 Å². The van der Waals surface area contributed by atoms with E-state index >= 15 is 0 Å². The molecule has 19 heavy (non-hydrogen) atoms. The van der Waals surface area contributed by atoms with Gasteiger partial charge in [0.2, 0.25) is 0 Å². The molecule has 1 aromatic rings. The zero-order valence-electron chi connectivity index (χ0n) is 11.4. The van der Waals surface area contributed by atoms with Crippen LogP contribution in [0.2, 0.25) is 0 Å². The third-order valence-corrected chi connectivity index (χ3v) is 4.14. The topological polar surface area (TPSA) is 15.7 Å². The van der Waals surface area contributed by atoms with Gasteiger partial charge in [-0.25, -0.2) is 4.39 Å². The van der Waals surface area contributed by atoms with Crippen LogP contribution >= 0.6 is 0 Å². The Bertz CT molecular complexity index is 440. The molecule has 0 spiro atoms. The second kappa shape index (κ2) is 5.57. The highest BCUT2D eigenvalue weighted by Crippen LogP contribution is 2.20. The van der Waals surface area contributed by atoms with Crippen molar-refractivity contribution in [2.24, 2.45) is 0 Å². The minimum atomic E-state index is -0.0947. The molecule has 0 aromatic heterocycles. The molecule has 0 radical (unpaired) electrons. The van der Waals surface area contributed by atoms with Gasteiger partial charge in [0.25, 0.3) is 0 Å². The van der Waals surface area contributed by atoms with Crippen molar-refractivity contribution in [3.8, 4) is 0 Å². The van der Waals surface area contributed by atoms with Crippen LogP contribution in [-0.4, -0.2) is 55.2 Å². The number of ether oxygens (including phenoxy) is 1. The van der Waals surface area contributed by atoms with E-state index in [1.54, 1.807) is 13.0 Å². The predicted octanol–water partition coefficient (Wildman–Crippen LogP) is 1.65. The third kappa shape index (κ3) is 2.96. The van der Waals surface area contributed by atoms with Crippen LogP contribution in [0.1, 0.15) is 11.1 Å². The normalized spacial score (nSPS) is 22.4. The molecule has 0 N–H and O–H groups in total. The lowest BCUT2D eigenvalue weighted by Crippen LogP contribution is -2.60. The summed E-state index contributed by atoms with van der Waals surface area (Å²) >= 11 is 0. The molecule has 1 aromatic carbocycles. The van der Waals surface area contributed by atoms with Crippen LogP contribution in [0.4, 0.5) is 4.39 Å². The number of hydrogen-bond acceptors (Lipinski definition) is 3. The van der Waals surface area contributed by atoms with Crippen LogP contribution < -0.4 is 0 Å². The molecule has 2 aliphatic heterocycles. The second-order valence-corrected chi connectivity index (χ2v) is 5.58. The van der Waals surface area contributed by atoms with Crippen LogP contribution in [-0.2, 0) is 11.3 Å². The molecule has 2 fully saturated rings. The molecule has 2 saturated heterocycles. The van der Waals surface area contributed by atoms with Crippen LogP contribution in [0.5, 0.6) is 0 Å². The average Bonchev–Trinajstić information content (AvgIpc) is 2.38. The summed E-state index contributed by atoms with van der Waals surface area (Å²) < 4.78 is 18.8. The lowest BCUT2D eigenvalue weighted by molar-refractivity contribution is -0.0344. The van der Waals surface area contributed by atoms with Crippen LogP contribution in [0.15, 0.2) is 18.2 Å². The van der Waals surface area contributed by atoms with Crippen molar-refractivity contribution in [1.82, 2.24) is 9.80 Å². The first kappa shape index (κ1) is 13.0. The fourth-order valence-electron chi connectivity index (χ4n) is 2.84. The first-order chi connectivity index (χ1) is 9.22. The van der Waals surface area contributed by atoms with Gasteiger partial charge >= 0.3 is 0 Å². The summed E-state index contributed by atoms with van der Waals surface area (Å²) in [6, 6.07) is 6.22. The largest absolute Gasteiger partial charge is 0.379 e. The fourth-order valence-corrected chi connectivity index (χ4v) is 2.84. The van der Waals surface area contributed by atoms with E-state index in [2.05, 4.69) is 9.80 Å². The van der Waals surface area contributed by atoms with E-state index in [1.165, 1.54) is 0 Å². The number of nitrogens with zero attached hydrogens (tertiary/aromatic N) is 2. The van der Waals surface area contributed by atoms with Gasteiger partial charge in [-0.15, -0.1) is 0 Å². The lowest BCUT2D eigenvalue weighted by Gasteiger charge is -2.46. The summed E-state index contributed by atoms with van der Waals surface area (Å²) in [7, 11) is 0. The summed E-state index contributed by atoms with van der Waals surface area (Å²) in [4.78, 5) is 4.89. The van der Waals surface area contributed by atoms with Gasteiger partial charge < -0.3 is 4.74 Å². The maximum Gasteiger partial charge on any atom is 0.126 e. The van der Waals surface area contributed by atoms with E-state index in [1.807, 2.05) is 12.1 Å². The molecule has 3 nitrogen and oxygen atoms in total. The minimum absolute atomic E-state index is 0.0947. The van der Waals surface area contributed by atoms with E-state index in [9.17, 15) is 4.39 Å². The van der Waals surface area contributed by atoms with Gasteiger partial charge in [-0.1, -0.05) is 12.1 Å². The Labute approximate surface area is 114 Å². The average molecular weight is 264 g/mol. The number of benzene rings is 1. The molecule has 2 aliphatic rings. The van der Waals surface area contributed by atoms with Crippen molar-refractivity contribution in [3.63, 3.8) is 0 Å². The molecule has 0 bridgehead atoms. The number of rotatable bonds is 3. The highest BCUT2D eigenvalue weighted by Gasteiger charge is 2.32. The molecular formula is C15H21FN2O. The molecule has 4 heteroatoms. The Kier molecular flexibility index (Phi) is 3.82. The summed E-state index contributed by atoms with van der Waals surface area (Å²) in [5, 5.41) is 0. The van der Waals surface area contributed by atoms with Gasteiger partial charge in [0.15, 0.2) is 0 Å². The standard InChI is InChI=1S/C15H21FN2O/c1-12-2-3-13(8-15(12)16)9-17-10-14(11-17)18-4-6-19-7-5-18/h2-3,8,14H,4-7,9-11H2,1H3. The van der Waals surface area contributed by atoms with Gasteiger partial charge in [-0.2, -0.15) is 0 Å². The smallest absolute Gasteiger partial charge is 0.126 e. The van der Waals surface area contributed by atoms with E-state index in [0.717, 1.165) is 57.1 Å². The Balaban J connectivity index is 1.49. The van der Waals surface area contributed by atoms with Gasteiger partial charge in [0.1, 0.15) is 5.82 Å². The van der Waals surface area contributed by atoms with Gasteiger partial charge in [-0.3, -0.25) is 9.80 Å². The molecule has 0 amide bonds. The minimum Gasteiger partial charge on any atom is -0.379 e. The SMILES string of the molecule is Cc1ccc(CN2CC(N3CCOCC3)C2)cc1F. The highest BCUT2D eigenvalue weighted by molar-refractivity contribution is 5.23. The Hall–Kier alpha value is -0.970. The molecular weight excluding hydrogens is 243 g/mol. The summed E-state index contributed by atoms with van der Waals surface area (Å²) in [5.41, 5.74) is 1.79. The van der Waals surface area contributed by atoms with E-state index < -0.39 is 0 Å². The first-order valence-corrected chi connectivity index (χ1v) is 7.01. The van der Waals surface area contributed by atoms with Crippen molar-refractivity contribution in [2.45, 2.75) is 19.5 Å². The molecule has 0 unspecified atom stereocenters. The number of hydrogen-bond donors (Lipinski definition) is 0. The van der Waals surface area contributed by atoms with E-state index in [-0.39, 0.29) is 5.82 Å². The summed E-state index contributed by atoms with van der Waals surface area (Å²) in [6.07, 6.45) is 0. The van der Waals surface area contributed by atoms with E-state index in [4.69, 9.17) is 4.74 Å². The van der Waals surface area contributed by atoms with Crippen molar-refractivity contribution in [3.05, 3.63) is 35.1 Å². The number of aryl methyl sites for hydroxylation is 1. The van der Waals surface area contributed by atoms with Gasteiger partial charge in [0, 0.05) is 38.8 Å². The summed E-state index contributed by atoms with van der Waals surface area (Å²) in [6.45, 7) is 8.68. The summed E-state index contributed by atoms with van der Waals surface area (Å²) in [5.74, 6) is -0.0947. The maximum atomic E-state index is 13.5. The zero-order chi connectivity index (χ0) is 13.2. The molecule has 2 heterocycles. The molecule has 3 rings (SSSR count). The molecule has 0 atom stereocenters. The fraction of sp³-hybridized carbons (Fsp3) is 0.600. The number of halogens is 1. The lowest BCUT2D eigenvalue weighted by atomic mass is 10.0. The predicted molar refractivity (Wildman–Crippen MR) is 72.6 cm³/mol. The van der Waals surface area contributed by atoms with Crippen molar-refractivity contribution >= 4 is 0 Å². The van der Waals surface area contributed by atoms with Crippen LogP contribution in [0.3, 0.4) is 0 Å². The Morgan fingerprint density at radius 3 is 2.68 bits per heavy atom. The maximum absolute atomic E-state index is 13.5. The molecule has 0 saturated carbocycles. The van der Waals surface area contributed by atoms with E-state index in [0.29, 0.717) is 6.04 Å². The Morgan fingerprint density at radius 1 is 1.26 bits per heavy atom. The number of morpholine rings is 1. The van der Waals surface area contributed by atoms with Crippen LogP contribution in [0, 0.1) is 12.7 Å². The van der Waals surface area contributed by atoms with Crippen LogP contribution in [0.25, 0.3) is 0 Å². The third-order valence-electron chi connectivity index (χ3n) is 4.14. The van der Waals surface area contributed by atoms with Gasteiger partial charge in [0.05, 0.1) is 13.2 Å². The zero-order valence-corrected chi connectivity index (χ0v) is 11.4. The van der Waals surface area contributed by atoms with Gasteiger partial charge in [-0.05, 0) is 24.1 Å². The van der Waals surface area contributed by atoms with Crippen molar-refractivity contribution in [2.75, 3.05) is 39.4 Å². The quantitative estimate of drug-likeness (QED) is 0.825. The number of likely N-dealkylation sites (tertiary alicyclic amines) is 1. The first-order valence-electron chi connectivity index (χ1n) is 7.01. The van der Waals surface area contributed by atoms with Crippen molar-refractivity contribution < 1.29 is 9.13 Å². The highest BCUT2D eigenvalue weighted by atomic mass is 19.1. The Morgan fingerprint density at radius 2 is 2.00 bits per heavy atom. The molecule has 0 aliphatic carbocycles. The monoisotopic (exact) mass is 264 g/mol. The second-order valence-electron chi connectivity index (χ2n) is 5.58.